The van der Waals surface area contributed by atoms with Crippen LogP contribution in [0.15, 0.2) is 35.1 Å². The Bertz CT molecular complexity index is 1180. The molecule has 11 heteroatoms. The van der Waals surface area contributed by atoms with Crippen molar-refractivity contribution in [2.24, 2.45) is 0 Å². The van der Waals surface area contributed by atoms with Gasteiger partial charge in [0.1, 0.15) is 11.4 Å². The van der Waals surface area contributed by atoms with Crippen LogP contribution in [0.25, 0.3) is 22.3 Å². The Balaban J connectivity index is 2.40. The van der Waals surface area contributed by atoms with Gasteiger partial charge in [0.05, 0.1) is 16.6 Å². The second-order valence-electron chi connectivity index (χ2n) is 6.38. The molecule has 0 fully saturated rings. The molecule has 0 aliphatic carbocycles. The first kappa shape index (κ1) is 20.9. The van der Waals surface area contributed by atoms with Gasteiger partial charge in [0.15, 0.2) is 4.77 Å². The Morgan fingerprint density at radius 1 is 1.21 bits per heavy atom. The van der Waals surface area contributed by atoms with Gasteiger partial charge in [0, 0.05) is 11.6 Å². The molecule has 0 saturated carbocycles. The highest BCUT2D eigenvalue weighted by molar-refractivity contribution is 7.71. The molecule has 5 nitrogen and oxygen atoms in total. The van der Waals surface area contributed by atoms with Crippen LogP contribution in [0.4, 0.5) is 22.0 Å². The summed E-state index contributed by atoms with van der Waals surface area (Å²) in [5.74, 6) is -0.237. The van der Waals surface area contributed by atoms with Crippen LogP contribution in [-0.2, 0) is 6.18 Å². The number of benzene rings is 1. The normalized spacial score (nSPS) is 12.2. The van der Waals surface area contributed by atoms with E-state index in [9.17, 15) is 26.7 Å². The minimum atomic E-state index is -4.86. The molecule has 0 saturated heterocycles. The third-order valence-electron chi connectivity index (χ3n) is 4.07. The van der Waals surface area contributed by atoms with Gasteiger partial charge in [-0.05, 0) is 44.3 Å². The van der Waals surface area contributed by atoms with Gasteiger partial charge >= 0.3 is 12.8 Å². The summed E-state index contributed by atoms with van der Waals surface area (Å²) in [5.41, 5.74) is -2.53. The largest absolute Gasteiger partial charge is 0.435 e. The highest BCUT2D eigenvalue weighted by Crippen LogP contribution is 2.36. The van der Waals surface area contributed by atoms with Gasteiger partial charge in [-0.25, -0.2) is 4.98 Å². The van der Waals surface area contributed by atoms with E-state index in [1.807, 2.05) is 0 Å². The smallest absolute Gasteiger partial charge is 0.417 e. The number of halogens is 5. The maximum Gasteiger partial charge on any atom is 0.417 e. The van der Waals surface area contributed by atoms with Gasteiger partial charge < -0.3 is 4.74 Å². The number of ether oxygens (including phenoxy) is 1. The van der Waals surface area contributed by atoms with Crippen molar-refractivity contribution in [1.29, 1.82) is 0 Å². The number of H-pyrrole nitrogens is 1. The summed E-state index contributed by atoms with van der Waals surface area (Å²) in [6.07, 6.45) is -4.86. The van der Waals surface area contributed by atoms with Crippen molar-refractivity contribution in [2.75, 3.05) is 0 Å². The number of aromatic amines is 1. The first-order valence-electron chi connectivity index (χ1n) is 8.31. The summed E-state index contributed by atoms with van der Waals surface area (Å²) in [6, 6.07) is 5.42. The van der Waals surface area contributed by atoms with Crippen LogP contribution in [0.1, 0.15) is 25.5 Å². The fourth-order valence-electron chi connectivity index (χ4n) is 2.93. The zero-order valence-corrected chi connectivity index (χ0v) is 15.9. The van der Waals surface area contributed by atoms with Crippen LogP contribution in [0.2, 0.25) is 0 Å². The van der Waals surface area contributed by atoms with Gasteiger partial charge in [-0.2, -0.15) is 22.0 Å². The monoisotopic (exact) mass is 431 g/mol. The molecule has 3 rings (SSSR count). The molecule has 1 N–H and O–H groups in total. The van der Waals surface area contributed by atoms with Crippen molar-refractivity contribution in [3.8, 4) is 17.0 Å². The SMILES string of the molecule is CC(C)n1c(=S)[nH]c(=O)c2c(C(F)(F)F)cc(-c3cccc(OC(F)F)c3)nc21. The van der Waals surface area contributed by atoms with Crippen molar-refractivity contribution in [3.63, 3.8) is 0 Å². The summed E-state index contributed by atoms with van der Waals surface area (Å²) in [5, 5.41) is -0.650. The Kier molecular flexibility index (Phi) is 5.44. The molecule has 0 spiro atoms. The Morgan fingerprint density at radius 2 is 1.90 bits per heavy atom. The van der Waals surface area contributed by atoms with Crippen LogP contribution in [0.5, 0.6) is 5.75 Å². The van der Waals surface area contributed by atoms with E-state index in [0.29, 0.717) is 6.07 Å². The summed E-state index contributed by atoms with van der Waals surface area (Å²) in [6.45, 7) is 0.253. The van der Waals surface area contributed by atoms with E-state index in [1.54, 1.807) is 13.8 Å². The van der Waals surface area contributed by atoms with Crippen LogP contribution in [0, 0.1) is 4.77 Å². The number of fused-ring (bicyclic) bond motifs is 1. The molecule has 0 atom stereocenters. The standard InChI is InChI=1S/C18H14F5N3O2S/c1-8(2)26-14-13(15(27)25-17(26)29)11(18(21,22)23)7-12(24-14)9-4-3-5-10(6-9)28-16(19)20/h3-8,16H,1-2H3,(H,25,27,29). The van der Waals surface area contributed by atoms with Crippen molar-refractivity contribution in [1.82, 2.24) is 14.5 Å². The number of aromatic nitrogens is 3. The van der Waals surface area contributed by atoms with Crippen molar-refractivity contribution >= 4 is 23.3 Å². The van der Waals surface area contributed by atoms with E-state index in [0.717, 1.165) is 6.07 Å². The lowest BCUT2D eigenvalue weighted by Gasteiger charge is -2.18. The van der Waals surface area contributed by atoms with Gasteiger partial charge in [0.2, 0.25) is 0 Å². The van der Waals surface area contributed by atoms with Gasteiger partial charge in [-0.3, -0.25) is 14.3 Å². The molecule has 2 aromatic heterocycles. The first-order chi connectivity index (χ1) is 13.5. The Labute approximate surface area is 165 Å². The number of hydrogen-bond donors (Lipinski definition) is 1. The molecule has 0 radical (unpaired) electrons. The quantitative estimate of drug-likeness (QED) is 0.449. The molecule has 0 amide bonds. The Hall–Kier alpha value is -2.82. The summed E-state index contributed by atoms with van der Waals surface area (Å²) < 4.78 is 71.7. The van der Waals surface area contributed by atoms with Gasteiger partial charge in [0.25, 0.3) is 5.56 Å². The van der Waals surface area contributed by atoms with Crippen molar-refractivity contribution in [2.45, 2.75) is 32.7 Å². The van der Waals surface area contributed by atoms with E-state index >= 15 is 0 Å². The third kappa shape index (κ3) is 4.14. The lowest BCUT2D eigenvalue weighted by molar-refractivity contribution is -0.136. The first-order valence-corrected chi connectivity index (χ1v) is 8.72. The molecular formula is C18H14F5N3O2S. The number of rotatable bonds is 4. The zero-order valence-electron chi connectivity index (χ0n) is 15.1. The van der Waals surface area contributed by atoms with Crippen LogP contribution in [0.3, 0.4) is 0 Å². The lowest BCUT2D eigenvalue weighted by atomic mass is 10.1. The lowest BCUT2D eigenvalue weighted by Crippen LogP contribution is -2.21. The fourth-order valence-corrected chi connectivity index (χ4v) is 3.32. The second-order valence-corrected chi connectivity index (χ2v) is 6.77. The fraction of sp³-hybridized carbons (Fsp3) is 0.278. The molecule has 3 aromatic rings. The van der Waals surface area contributed by atoms with Crippen LogP contribution >= 0.6 is 12.2 Å². The average molecular weight is 431 g/mol. The molecule has 0 aliphatic heterocycles. The van der Waals surface area contributed by atoms with E-state index in [1.165, 1.54) is 22.8 Å². The van der Waals surface area contributed by atoms with Crippen molar-refractivity contribution in [3.05, 3.63) is 51.0 Å². The average Bonchev–Trinajstić information content (AvgIpc) is 2.59. The Morgan fingerprint density at radius 3 is 2.48 bits per heavy atom. The predicted molar refractivity (Wildman–Crippen MR) is 98.6 cm³/mol. The van der Waals surface area contributed by atoms with Crippen LogP contribution < -0.4 is 10.3 Å². The molecule has 2 heterocycles. The van der Waals surface area contributed by atoms with Gasteiger partial charge in [-0.1, -0.05) is 12.1 Å². The van der Waals surface area contributed by atoms with E-state index in [2.05, 4.69) is 14.7 Å². The minimum absolute atomic E-state index is 0.0786. The summed E-state index contributed by atoms with van der Waals surface area (Å²) in [4.78, 5) is 18.7. The molecule has 154 valence electrons. The topological polar surface area (TPSA) is 59.9 Å². The van der Waals surface area contributed by atoms with Crippen molar-refractivity contribution < 1.29 is 26.7 Å². The van der Waals surface area contributed by atoms with E-state index in [-0.39, 0.29) is 27.4 Å². The molecular weight excluding hydrogens is 417 g/mol. The number of nitrogens with one attached hydrogen (secondary N) is 1. The summed E-state index contributed by atoms with van der Waals surface area (Å²) >= 11 is 5.09. The maximum absolute atomic E-state index is 13.7. The second kappa shape index (κ2) is 7.54. The van der Waals surface area contributed by atoms with Gasteiger partial charge in [-0.15, -0.1) is 0 Å². The molecule has 0 bridgehead atoms. The van der Waals surface area contributed by atoms with Crippen LogP contribution in [-0.4, -0.2) is 21.1 Å². The summed E-state index contributed by atoms with van der Waals surface area (Å²) in [7, 11) is 0. The predicted octanol–water partition coefficient (Wildman–Crippen LogP) is 5.32. The highest BCUT2D eigenvalue weighted by atomic mass is 32.1. The molecule has 29 heavy (non-hydrogen) atoms. The third-order valence-corrected chi connectivity index (χ3v) is 4.37. The minimum Gasteiger partial charge on any atom is -0.435 e. The molecule has 0 aliphatic rings. The zero-order chi connectivity index (χ0) is 21.5. The van der Waals surface area contributed by atoms with E-state index < -0.39 is 35.3 Å². The number of pyridine rings is 1. The maximum atomic E-state index is 13.7. The number of hydrogen-bond acceptors (Lipinski definition) is 4. The number of alkyl halides is 5. The molecule has 0 unspecified atom stereocenters. The highest BCUT2D eigenvalue weighted by Gasteiger charge is 2.35. The molecule has 1 aromatic carbocycles. The van der Waals surface area contributed by atoms with E-state index in [4.69, 9.17) is 12.2 Å². The number of nitrogens with zero attached hydrogens (tertiary/aromatic N) is 2.